The van der Waals surface area contributed by atoms with Crippen molar-refractivity contribution in [1.29, 1.82) is 0 Å². The summed E-state index contributed by atoms with van der Waals surface area (Å²) in [4.78, 5) is 20.6. The molecule has 1 aromatic carbocycles. The van der Waals surface area contributed by atoms with Crippen molar-refractivity contribution in [2.45, 2.75) is 19.9 Å². The first-order chi connectivity index (χ1) is 11.7. The van der Waals surface area contributed by atoms with Gasteiger partial charge in [0.2, 0.25) is 5.91 Å². The second kappa shape index (κ2) is 7.93. The highest BCUT2D eigenvalue weighted by molar-refractivity contribution is 5.89. The lowest BCUT2D eigenvalue weighted by molar-refractivity contribution is -0.115. The minimum absolute atomic E-state index is 0.00947. The molecule has 3 rings (SSSR count). The monoisotopic (exact) mass is 324 g/mol. The van der Waals surface area contributed by atoms with Crippen molar-refractivity contribution in [3.05, 3.63) is 54.2 Å². The van der Waals surface area contributed by atoms with Crippen molar-refractivity contribution in [2.24, 2.45) is 0 Å². The Morgan fingerprint density at radius 1 is 1.08 bits per heavy atom. The van der Waals surface area contributed by atoms with E-state index in [1.54, 1.807) is 0 Å². The number of piperazine rings is 1. The predicted octanol–water partition coefficient (Wildman–Crippen LogP) is 2.75. The van der Waals surface area contributed by atoms with Crippen molar-refractivity contribution in [3.63, 3.8) is 0 Å². The highest BCUT2D eigenvalue weighted by Gasteiger charge is 2.17. The third-order valence-corrected chi connectivity index (χ3v) is 4.32. The summed E-state index contributed by atoms with van der Waals surface area (Å²) in [6.45, 7) is 6.92. The van der Waals surface area contributed by atoms with Gasteiger partial charge in [0.25, 0.3) is 0 Å². The van der Waals surface area contributed by atoms with E-state index in [2.05, 4.69) is 50.4 Å². The smallest absolute Gasteiger partial charge is 0.225 e. The summed E-state index contributed by atoms with van der Waals surface area (Å²) in [5.74, 6) is 0.609. The van der Waals surface area contributed by atoms with Gasteiger partial charge in [-0.3, -0.25) is 9.69 Å². The highest BCUT2D eigenvalue weighted by Crippen LogP contribution is 2.18. The number of amides is 1. The van der Waals surface area contributed by atoms with Crippen LogP contribution in [-0.2, 0) is 11.3 Å². The summed E-state index contributed by atoms with van der Waals surface area (Å²) >= 11 is 0. The van der Waals surface area contributed by atoms with Gasteiger partial charge in [0.1, 0.15) is 5.82 Å². The lowest BCUT2D eigenvalue weighted by Crippen LogP contribution is -2.46. The molecular formula is C19H24N4O. The topological polar surface area (TPSA) is 48.5 Å². The van der Waals surface area contributed by atoms with Crippen molar-refractivity contribution >= 4 is 17.4 Å². The van der Waals surface area contributed by atoms with Crippen LogP contribution in [0, 0.1) is 0 Å². The number of hydrogen-bond acceptors (Lipinski definition) is 4. The minimum atomic E-state index is -0.00947. The first-order valence-electron chi connectivity index (χ1n) is 8.51. The molecule has 5 nitrogen and oxygen atoms in total. The van der Waals surface area contributed by atoms with E-state index in [1.165, 1.54) is 5.56 Å². The number of benzene rings is 1. The summed E-state index contributed by atoms with van der Waals surface area (Å²) in [7, 11) is 0. The van der Waals surface area contributed by atoms with Crippen LogP contribution >= 0.6 is 0 Å². The third-order valence-electron chi connectivity index (χ3n) is 4.32. The van der Waals surface area contributed by atoms with E-state index in [0.29, 0.717) is 12.2 Å². The second-order valence-electron chi connectivity index (χ2n) is 6.05. The Labute approximate surface area is 143 Å². The van der Waals surface area contributed by atoms with Gasteiger partial charge in [-0.2, -0.15) is 0 Å². The van der Waals surface area contributed by atoms with Crippen molar-refractivity contribution < 1.29 is 4.79 Å². The molecule has 24 heavy (non-hydrogen) atoms. The van der Waals surface area contributed by atoms with Gasteiger partial charge in [0, 0.05) is 39.1 Å². The molecule has 1 amide bonds. The number of hydrogen-bond donors (Lipinski definition) is 1. The van der Waals surface area contributed by atoms with Crippen molar-refractivity contribution in [1.82, 2.24) is 9.88 Å². The number of carbonyl (C=O) groups excluding carboxylic acids is 1. The third kappa shape index (κ3) is 4.32. The zero-order valence-corrected chi connectivity index (χ0v) is 14.1. The number of pyridine rings is 1. The van der Waals surface area contributed by atoms with Crippen LogP contribution in [0.4, 0.5) is 11.5 Å². The van der Waals surface area contributed by atoms with Crippen LogP contribution < -0.4 is 10.2 Å². The maximum absolute atomic E-state index is 11.4. The van der Waals surface area contributed by atoms with Gasteiger partial charge in [-0.25, -0.2) is 4.98 Å². The molecule has 0 unspecified atom stereocenters. The summed E-state index contributed by atoms with van der Waals surface area (Å²) < 4.78 is 0. The van der Waals surface area contributed by atoms with Gasteiger partial charge in [-0.15, -0.1) is 0 Å². The van der Waals surface area contributed by atoms with Gasteiger partial charge < -0.3 is 10.2 Å². The van der Waals surface area contributed by atoms with Crippen molar-refractivity contribution in [3.8, 4) is 0 Å². The van der Waals surface area contributed by atoms with E-state index < -0.39 is 0 Å². The second-order valence-corrected chi connectivity index (χ2v) is 6.05. The summed E-state index contributed by atoms with van der Waals surface area (Å²) in [6.07, 6.45) is 2.31. The fourth-order valence-corrected chi connectivity index (χ4v) is 2.88. The number of nitrogens with one attached hydrogen (secondary N) is 1. The molecule has 0 spiro atoms. The first kappa shape index (κ1) is 16.5. The van der Waals surface area contributed by atoms with E-state index in [9.17, 15) is 4.79 Å². The standard InChI is InChI=1S/C19H24N4O/c1-2-19(24)21-18-9-8-17(14-20-18)23-12-10-22(11-13-23)15-16-6-4-3-5-7-16/h3-9,14H,2,10-13,15H2,1H3,(H,20,21,24). The van der Waals surface area contributed by atoms with Crippen LogP contribution in [0.2, 0.25) is 0 Å². The summed E-state index contributed by atoms with van der Waals surface area (Å²) in [5.41, 5.74) is 2.48. The molecule has 1 aromatic heterocycles. The van der Waals surface area contributed by atoms with Crippen LogP contribution in [-0.4, -0.2) is 42.0 Å². The molecular weight excluding hydrogens is 300 g/mol. The molecule has 1 fully saturated rings. The average molecular weight is 324 g/mol. The van der Waals surface area contributed by atoms with Gasteiger partial charge in [0.15, 0.2) is 0 Å². The van der Waals surface area contributed by atoms with Gasteiger partial charge in [0.05, 0.1) is 11.9 Å². The SMILES string of the molecule is CCC(=O)Nc1ccc(N2CCN(Cc3ccccc3)CC2)cn1. The predicted molar refractivity (Wildman–Crippen MR) is 97.1 cm³/mol. The Bertz CT molecular complexity index is 649. The molecule has 5 heteroatoms. The molecule has 1 aliphatic heterocycles. The molecule has 0 atom stereocenters. The lowest BCUT2D eigenvalue weighted by atomic mass is 10.2. The summed E-state index contributed by atoms with van der Waals surface area (Å²) in [6, 6.07) is 14.5. The Morgan fingerprint density at radius 3 is 2.46 bits per heavy atom. The number of rotatable bonds is 5. The lowest BCUT2D eigenvalue weighted by Gasteiger charge is -2.36. The molecule has 126 valence electrons. The molecule has 1 aliphatic rings. The Balaban J connectivity index is 1.52. The quantitative estimate of drug-likeness (QED) is 0.919. The Kier molecular flexibility index (Phi) is 5.43. The molecule has 2 heterocycles. The van der Waals surface area contributed by atoms with Crippen LogP contribution in [0.1, 0.15) is 18.9 Å². The molecule has 0 saturated carbocycles. The maximum Gasteiger partial charge on any atom is 0.225 e. The number of aromatic nitrogens is 1. The van der Waals surface area contributed by atoms with E-state index in [4.69, 9.17) is 0 Å². The fraction of sp³-hybridized carbons (Fsp3) is 0.368. The fourth-order valence-electron chi connectivity index (χ4n) is 2.88. The van der Waals surface area contributed by atoms with E-state index in [1.807, 2.05) is 25.3 Å². The number of nitrogens with zero attached hydrogens (tertiary/aromatic N) is 3. The molecule has 0 bridgehead atoms. The van der Waals surface area contributed by atoms with Crippen molar-refractivity contribution in [2.75, 3.05) is 36.4 Å². The van der Waals surface area contributed by atoms with Gasteiger partial charge in [-0.1, -0.05) is 37.3 Å². The zero-order chi connectivity index (χ0) is 16.8. The van der Waals surface area contributed by atoms with Crippen LogP contribution in [0.5, 0.6) is 0 Å². The molecule has 2 aromatic rings. The molecule has 0 aliphatic carbocycles. The van der Waals surface area contributed by atoms with Gasteiger partial charge in [-0.05, 0) is 17.7 Å². The molecule has 1 N–H and O–H groups in total. The normalized spacial score (nSPS) is 15.3. The highest BCUT2D eigenvalue weighted by atomic mass is 16.1. The van der Waals surface area contributed by atoms with Crippen LogP contribution in [0.15, 0.2) is 48.7 Å². The maximum atomic E-state index is 11.4. The van der Waals surface area contributed by atoms with Gasteiger partial charge >= 0.3 is 0 Å². The van der Waals surface area contributed by atoms with E-state index >= 15 is 0 Å². The zero-order valence-electron chi connectivity index (χ0n) is 14.1. The molecule has 1 saturated heterocycles. The van der Waals surface area contributed by atoms with Crippen LogP contribution in [0.3, 0.4) is 0 Å². The van der Waals surface area contributed by atoms with E-state index in [0.717, 1.165) is 38.4 Å². The Hall–Kier alpha value is -2.40. The Morgan fingerprint density at radius 2 is 1.83 bits per heavy atom. The summed E-state index contributed by atoms with van der Waals surface area (Å²) in [5, 5.41) is 2.78. The number of anilines is 2. The van der Waals surface area contributed by atoms with Crippen LogP contribution in [0.25, 0.3) is 0 Å². The largest absolute Gasteiger partial charge is 0.368 e. The molecule has 0 radical (unpaired) electrons. The first-order valence-corrected chi connectivity index (χ1v) is 8.51. The number of carbonyl (C=O) groups is 1. The average Bonchev–Trinajstić information content (AvgIpc) is 2.64. The van der Waals surface area contributed by atoms with E-state index in [-0.39, 0.29) is 5.91 Å². The minimum Gasteiger partial charge on any atom is -0.368 e.